The zero-order valence-electron chi connectivity index (χ0n) is 19.7. The Balaban J connectivity index is 1.42. The predicted octanol–water partition coefficient (Wildman–Crippen LogP) is 3.41. The molecule has 5 aromatic rings. The second-order valence-electron chi connectivity index (χ2n) is 8.75. The van der Waals surface area contributed by atoms with E-state index in [-0.39, 0.29) is 23.1 Å². The van der Waals surface area contributed by atoms with Crippen molar-refractivity contribution < 1.29 is 14.0 Å². The molecule has 0 bridgehead atoms. The fourth-order valence-corrected chi connectivity index (χ4v) is 4.71. The number of carbonyl (C=O) groups excluding carboxylic acids is 1. The summed E-state index contributed by atoms with van der Waals surface area (Å²) in [6, 6.07) is 9.66. The van der Waals surface area contributed by atoms with E-state index in [4.69, 9.17) is 4.84 Å². The van der Waals surface area contributed by atoms with Crippen LogP contribution < -0.4 is 5.32 Å². The van der Waals surface area contributed by atoms with Crippen LogP contribution in [0.3, 0.4) is 0 Å². The average Bonchev–Trinajstić information content (AvgIpc) is 3.49. The van der Waals surface area contributed by atoms with Gasteiger partial charge in [0.25, 0.3) is 5.91 Å². The molecule has 1 atom stereocenters. The molecule has 11 heteroatoms. The van der Waals surface area contributed by atoms with Gasteiger partial charge in [-0.1, -0.05) is 18.2 Å². The number of amides is 1. The van der Waals surface area contributed by atoms with E-state index in [1.54, 1.807) is 0 Å². The van der Waals surface area contributed by atoms with Crippen molar-refractivity contribution in [2.45, 2.75) is 25.3 Å². The van der Waals surface area contributed by atoms with E-state index in [0.29, 0.717) is 11.5 Å². The molecule has 0 aliphatic heterocycles. The van der Waals surface area contributed by atoms with Crippen molar-refractivity contribution in [3.63, 3.8) is 0 Å². The Morgan fingerprint density at radius 3 is 2.94 bits per heavy atom. The van der Waals surface area contributed by atoms with E-state index in [1.165, 1.54) is 53.8 Å². The molecule has 0 spiro atoms. The molecule has 36 heavy (non-hydrogen) atoms. The molecule has 1 aliphatic rings. The monoisotopic (exact) mass is 486 g/mol. The van der Waals surface area contributed by atoms with Gasteiger partial charge in [0.2, 0.25) is 5.95 Å². The van der Waals surface area contributed by atoms with Gasteiger partial charge in [0.15, 0.2) is 11.5 Å². The van der Waals surface area contributed by atoms with E-state index in [1.807, 2.05) is 12.1 Å². The third-order valence-corrected chi connectivity index (χ3v) is 6.55. The highest BCUT2D eigenvalue weighted by Gasteiger charge is 2.26. The van der Waals surface area contributed by atoms with Gasteiger partial charge in [-0.05, 0) is 37.0 Å². The summed E-state index contributed by atoms with van der Waals surface area (Å²) in [6.45, 7) is 0. The van der Waals surface area contributed by atoms with Crippen molar-refractivity contribution in [2.75, 3.05) is 19.5 Å². The number of hydrogen-bond donors (Lipinski definition) is 2. The first-order chi connectivity index (χ1) is 17.5. The Morgan fingerprint density at radius 1 is 1.25 bits per heavy atom. The number of hydroxylamine groups is 2. The van der Waals surface area contributed by atoms with E-state index in [9.17, 15) is 9.18 Å². The lowest BCUT2D eigenvalue weighted by Gasteiger charge is -2.24. The SMILES string of the molecule is CON(C)C(=O)c1cnn2c(N[C@@H]3CCc4[nH]c5ccccc5c4C3)nc(-c3cncc(F)c3)nc12. The number of pyridine rings is 1. The van der Waals surface area contributed by atoms with Gasteiger partial charge in [-0.3, -0.25) is 14.6 Å². The van der Waals surface area contributed by atoms with Gasteiger partial charge in [-0.15, -0.1) is 0 Å². The first kappa shape index (κ1) is 22.1. The van der Waals surface area contributed by atoms with Crippen molar-refractivity contribution in [1.82, 2.24) is 34.6 Å². The van der Waals surface area contributed by atoms with Crippen LogP contribution in [0.2, 0.25) is 0 Å². The Morgan fingerprint density at radius 2 is 2.11 bits per heavy atom. The van der Waals surface area contributed by atoms with Crippen LogP contribution in [0.15, 0.2) is 48.9 Å². The number of aryl methyl sites for hydroxylation is 1. The number of anilines is 1. The maximum Gasteiger partial charge on any atom is 0.282 e. The lowest BCUT2D eigenvalue weighted by Crippen LogP contribution is -2.29. The van der Waals surface area contributed by atoms with Gasteiger partial charge in [0, 0.05) is 41.4 Å². The maximum atomic E-state index is 13.9. The number of rotatable bonds is 5. The molecule has 0 fully saturated rings. The highest BCUT2D eigenvalue weighted by molar-refractivity contribution is 5.99. The standard InChI is InChI=1S/C25H23FN8O2/c1-33(36-2)24(35)19-13-28-34-23(19)31-22(14-9-15(26)12-27-11-14)32-25(34)29-16-7-8-21-18(10-16)17-5-3-4-6-20(17)30-21/h3-6,9,11-13,16,30H,7-8,10H2,1-2H3,(H,29,31,32)/t16-/m1/s1. The number of hydrogen-bond acceptors (Lipinski definition) is 7. The third kappa shape index (κ3) is 3.73. The van der Waals surface area contributed by atoms with Crippen LogP contribution in [-0.2, 0) is 17.7 Å². The molecule has 1 aliphatic carbocycles. The number of aromatic amines is 1. The number of nitrogens with zero attached hydrogens (tertiary/aromatic N) is 6. The number of aromatic nitrogens is 6. The molecular weight excluding hydrogens is 463 g/mol. The van der Waals surface area contributed by atoms with Crippen LogP contribution in [-0.4, -0.2) is 60.7 Å². The minimum absolute atomic E-state index is 0.0679. The number of H-pyrrole nitrogens is 1. The van der Waals surface area contributed by atoms with E-state index < -0.39 is 11.7 Å². The van der Waals surface area contributed by atoms with Crippen molar-refractivity contribution in [2.24, 2.45) is 0 Å². The fraction of sp³-hybridized carbons (Fsp3) is 0.240. The molecule has 6 rings (SSSR count). The summed E-state index contributed by atoms with van der Waals surface area (Å²) in [7, 11) is 2.90. The number of benzene rings is 1. The Labute approximate surface area is 205 Å². The van der Waals surface area contributed by atoms with Gasteiger partial charge < -0.3 is 10.3 Å². The Bertz CT molecular complexity index is 1610. The van der Waals surface area contributed by atoms with Gasteiger partial charge >= 0.3 is 0 Å². The second-order valence-corrected chi connectivity index (χ2v) is 8.75. The summed E-state index contributed by atoms with van der Waals surface area (Å²) in [5.74, 6) is -0.281. The number of halogens is 1. The normalized spacial score (nSPS) is 15.2. The summed E-state index contributed by atoms with van der Waals surface area (Å²) in [5, 5.41) is 10.2. The van der Waals surface area contributed by atoms with E-state index >= 15 is 0 Å². The smallest absolute Gasteiger partial charge is 0.282 e. The Kier molecular flexibility index (Phi) is 5.33. The number of nitrogens with one attached hydrogen (secondary N) is 2. The molecule has 0 saturated heterocycles. The van der Waals surface area contributed by atoms with Crippen LogP contribution in [0.1, 0.15) is 28.0 Å². The highest BCUT2D eigenvalue weighted by Crippen LogP contribution is 2.30. The topological polar surface area (TPSA) is 113 Å². The van der Waals surface area contributed by atoms with Crippen LogP contribution in [0.5, 0.6) is 0 Å². The molecule has 4 aromatic heterocycles. The first-order valence-corrected chi connectivity index (χ1v) is 11.6. The molecule has 1 aromatic carbocycles. The zero-order valence-corrected chi connectivity index (χ0v) is 19.7. The molecule has 0 radical (unpaired) electrons. The summed E-state index contributed by atoms with van der Waals surface area (Å²) in [5.41, 5.74) is 4.58. The summed E-state index contributed by atoms with van der Waals surface area (Å²) < 4.78 is 15.4. The minimum Gasteiger partial charge on any atom is -0.358 e. The summed E-state index contributed by atoms with van der Waals surface area (Å²) in [4.78, 5) is 34.6. The number of para-hydroxylation sites is 1. The summed E-state index contributed by atoms with van der Waals surface area (Å²) >= 11 is 0. The van der Waals surface area contributed by atoms with Crippen LogP contribution in [0, 0.1) is 5.82 Å². The first-order valence-electron chi connectivity index (χ1n) is 11.6. The van der Waals surface area contributed by atoms with Crippen molar-refractivity contribution in [1.29, 1.82) is 0 Å². The van der Waals surface area contributed by atoms with Gasteiger partial charge in [-0.25, -0.2) is 14.4 Å². The summed E-state index contributed by atoms with van der Waals surface area (Å²) in [6.07, 6.45) is 6.58. The predicted molar refractivity (Wildman–Crippen MR) is 131 cm³/mol. The maximum absolute atomic E-state index is 13.9. The van der Waals surface area contributed by atoms with E-state index in [2.05, 4.69) is 42.5 Å². The van der Waals surface area contributed by atoms with Gasteiger partial charge in [0.1, 0.15) is 11.4 Å². The van der Waals surface area contributed by atoms with Crippen molar-refractivity contribution >= 4 is 28.4 Å². The largest absolute Gasteiger partial charge is 0.358 e. The molecule has 0 unspecified atom stereocenters. The molecule has 10 nitrogen and oxygen atoms in total. The molecular formula is C25H23FN8O2. The molecule has 1 amide bonds. The van der Waals surface area contributed by atoms with Gasteiger partial charge in [0.05, 0.1) is 19.5 Å². The Hall–Kier alpha value is -4.38. The average molecular weight is 487 g/mol. The number of carbonyl (C=O) groups is 1. The quantitative estimate of drug-likeness (QED) is 0.366. The third-order valence-electron chi connectivity index (χ3n) is 6.55. The van der Waals surface area contributed by atoms with Crippen LogP contribution in [0.4, 0.5) is 10.3 Å². The van der Waals surface area contributed by atoms with Crippen molar-refractivity contribution in [3.8, 4) is 11.4 Å². The lowest BCUT2D eigenvalue weighted by molar-refractivity contribution is -0.0755. The second kappa shape index (κ2) is 8.68. The zero-order chi connectivity index (χ0) is 24.8. The van der Waals surface area contributed by atoms with Crippen LogP contribution >= 0.6 is 0 Å². The van der Waals surface area contributed by atoms with Gasteiger partial charge in [-0.2, -0.15) is 14.6 Å². The molecule has 4 heterocycles. The molecule has 0 saturated carbocycles. The lowest BCUT2D eigenvalue weighted by atomic mass is 9.91. The van der Waals surface area contributed by atoms with E-state index in [0.717, 1.165) is 36.0 Å². The number of fused-ring (bicyclic) bond motifs is 4. The molecule has 182 valence electrons. The minimum atomic E-state index is -0.506. The van der Waals surface area contributed by atoms with Crippen molar-refractivity contribution in [3.05, 3.63) is 71.6 Å². The fourth-order valence-electron chi connectivity index (χ4n) is 4.71. The van der Waals surface area contributed by atoms with Crippen LogP contribution in [0.25, 0.3) is 27.9 Å². The molecule has 2 N–H and O–H groups in total. The highest BCUT2D eigenvalue weighted by atomic mass is 19.1.